The van der Waals surface area contributed by atoms with Gasteiger partial charge in [-0.3, -0.25) is 9.59 Å². The number of hydrogen-bond donors (Lipinski definition) is 1. The van der Waals surface area contributed by atoms with Crippen LogP contribution < -0.4 is 14.8 Å². The average molecular weight is 481 g/mol. The number of methoxy groups -OCH3 is 1. The summed E-state index contributed by atoms with van der Waals surface area (Å²) in [6.07, 6.45) is 1.25. The molecule has 0 bridgehead atoms. The Hall–Kier alpha value is -2.44. The van der Waals surface area contributed by atoms with Crippen molar-refractivity contribution in [2.75, 3.05) is 13.7 Å². The normalized spacial score (nSPS) is 12.6. The molecule has 0 saturated carbocycles. The summed E-state index contributed by atoms with van der Waals surface area (Å²) >= 11 is 12.1. The highest BCUT2D eigenvalue weighted by atomic mass is 35.5. The fourth-order valence-electron chi connectivity index (χ4n) is 3.14. The van der Waals surface area contributed by atoms with Gasteiger partial charge < -0.3 is 19.7 Å². The van der Waals surface area contributed by atoms with E-state index in [1.165, 1.54) is 4.90 Å². The van der Waals surface area contributed by atoms with E-state index in [4.69, 9.17) is 32.7 Å². The Bertz CT molecular complexity index is 923. The van der Waals surface area contributed by atoms with Crippen LogP contribution in [-0.4, -0.2) is 42.5 Å². The lowest BCUT2D eigenvalue weighted by atomic mass is 10.1. The number of ether oxygens (including phenoxy) is 2. The van der Waals surface area contributed by atoms with E-state index in [-0.39, 0.29) is 31.0 Å². The van der Waals surface area contributed by atoms with Crippen LogP contribution in [0.4, 0.5) is 0 Å². The van der Waals surface area contributed by atoms with Crippen LogP contribution in [0, 0.1) is 0 Å². The quantitative estimate of drug-likeness (QED) is 0.485. The second kappa shape index (κ2) is 12.6. The molecule has 0 aromatic heterocycles. The third-order valence-corrected chi connectivity index (χ3v) is 5.65. The molecule has 2 unspecified atom stereocenters. The molecule has 0 spiro atoms. The SMILES string of the molecule is CCC(C)NC(=O)C(CC)N(Cc1cccc(OC)c1)C(=O)COc1ccc(Cl)cc1Cl. The minimum absolute atomic E-state index is 0.00875. The minimum atomic E-state index is -0.646. The number of hydrogen-bond acceptors (Lipinski definition) is 4. The molecule has 0 radical (unpaired) electrons. The zero-order chi connectivity index (χ0) is 23.7. The first kappa shape index (κ1) is 25.8. The van der Waals surface area contributed by atoms with E-state index in [0.29, 0.717) is 28.0 Å². The summed E-state index contributed by atoms with van der Waals surface area (Å²) in [5, 5.41) is 3.76. The van der Waals surface area contributed by atoms with Crippen molar-refractivity contribution in [1.82, 2.24) is 10.2 Å². The van der Waals surface area contributed by atoms with Gasteiger partial charge in [-0.1, -0.05) is 49.2 Å². The maximum Gasteiger partial charge on any atom is 0.261 e. The molecule has 1 N–H and O–H groups in total. The second-order valence-corrected chi connectivity index (χ2v) is 8.32. The average Bonchev–Trinajstić information content (AvgIpc) is 2.78. The molecule has 6 nitrogen and oxygen atoms in total. The lowest BCUT2D eigenvalue weighted by molar-refractivity contribution is -0.143. The molecule has 0 fully saturated rings. The van der Waals surface area contributed by atoms with Crippen molar-refractivity contribution in [2.24, 2.45) is 0 Å². The van der Waals surface area contributed by atoms with Crippen molar-refractivity contribution < 1.29 is 19.1 Å². The smallest absolute Gasteiger partial charge is 0.261 e. The number of nitrogens with one attached hydrogen (secondary N) is 1. The predicted octanol–water partition coefficient (Wildman–Crippen LogP) is 5.10. The molecule has 2 aromatic rings. The molecule has 8 heteroatoms. The van der Waals surface area contributed by atoms with Crippen LogP contribution in [0.3, 0.4) is 0 Å². The van der Waals surface area contributed by atoms with Gasteiger partial charge >= 0.3 is 0 Å². The predicted molar refractivity (Wildman–Crippen MR) is 127 cm³/mol. The van der Waals surface area contributed by atoms with Crippen LogP contribution in [0.1, 0.15) is 39.2 Å². The van der Waals surface area contributed by atoms with E-state index in [9.17, 15) is 9.59 Å². The van der Waals surface area contributed by atoms with Gasteiger partial charge in [0.05, 0.1) is 12.1 Å². The number of benzene rings is 2. The van der Waals surface area contributed by atoms with Crippen LogP contribution in [0.25, 0.3) is 0 Å². The summed E-state index contributed by atoms with van der Waals surface area (Å²) in [6, 6.07) is 11.6. The molecular weight excluding hydrogens is 451 g/mol. The van der Waals surface area contributed by atoms with E-state index >= 15 is 0 Å². The summed E-state index contributed by atoms with van der Waals surface area (Å²) in [4.78, 5) is 27.7. The van der Waals surface area contributed by atoms with Crippen molar-refractivity contribution in [3.05, 3.63) is 58.1 Å². The first-order chi connectivity index (χ1) is 15.3. The van der Waals surface area contributed by atoms with E-state index in [0.717, 1.165) is 12.0 Å². The Morgan fingerprint density at radius 3 is 2.47 bits per heavy atom. The number of rotatable bonds is 11. The minimum Gasteiger partial charge on any atom is -0.497 e. The lowest BCUT2D eigenvalue weighted by Crippen LogP contribution is -2.51. The van der Waals surface area contributed by atoms with Crippen molar-refractivity contribution in [3.8, 4) is 11.5 Å². The van der Waals surface area contributed by atoms with Crippen LogP contribution in [0.2, 0.25) is 10.0 Å². The molecule has 0 heterocycles. The highest BCUT2D eigenvalue weighted by Crippen LogP contribution is 2.27. The molecular formula is C24H30Cl2N2O4. The van der Waals surface area contributed by atoms with Gasteiger partial charge in [0.1, 0.15) is 17.5 Å². The number of halogens is 2. The standard InChI is InChI=1S/C24H30Cl2N2O4/c1-5-16(3)27-24(30)21(6-2)28(14-17-8-7-9-19(12-17)31-4)23(29)15-32-22-11-10-18(25)13-20(22)26/h7-13,16,21H,5-6,14-15H2,1-4H3,(H,27,30). The third-order valence-electron chi connectivity index (χ3n) is 5.12. The summed E-state index contributed by atoms with van der Waals surface area (Å²) < 4.78 is 10.9. The second-order valence-electron chi connectivity index (χ2n) is 7.48. The van der Waals surface area contributed by atoms with Crippen molar-refractivity contribution >= 4 is 35.0 Å². The van der Waals surface area contributed by atoms with Gasteiger partial charge in [-0.15, -0.1) is 0 Å². The summed E-state index contributed by atoms with van der Waals surface area (Å²) in [6.45, 7) is 5.78. The first-order valence-electron chi connectivity index (χ1n) is 10.6. The Balaban J connectivity index is 2.25. The Morgan fingerprint density at radius 2 is 1.84 bits per heavy atom. The van der Waals surface area contributed by atoms with Crippen molar-refractivity contribution in [1.29, 1.82) is 0 Å². The van der Waals surface area contributed by atoms with Gasteiger partial charge in [-0.25, -0.2) is 0 Å². The van der Waals surface area contributed by atoms with E-state index < -0.39 is 6.04 Å². The molecule has 2 rings (SSSR count). The Kier molecular flexibility index (Phi) is 10.1. The summed E-state index contributed by atoms with van der Waals surface area (Å²) in [5.74, 6) is 0.506. The fourth-order valence-corrected chi connectivity index (χ4v) is 3.61. The van der Waals surface area contributed by atoms with Crippen molar-refractivity contribution in [2.45, 2.75) is 52.2 Å². The fraction of sp³-hybridized carbons (Fsp3) is 0.417. The first-order valence-corrected chi connectivity index (χ1v) is 11.3. The molecule has 0 aliphatic carbocycles. The molecule has 32 heavy (non-hydrogen) atoms. The Labute approximate surface area is 199 Å². The van der Waals surface area contributed by atoms with Gasteiger partial charge in [0.15, 0.2) is 6.61 Å². The van der Waals surface area contributed by atoms with E-state index in [1.807, 2.05) is 45.0 Å². The van der Waals surface area contributed by atoms with E-state index in [2.05, 4.69) is 5.32 Å². The molecule has 174 valence electrons. The van der Waals surface area contributed by atoms with Gasteiger partial charge in [0.2, 0.25) is 5.91 Å². The van der Waals surface area contributed by atoms with Gasteiger partial charge in [-0.2, -0.15) is 0 Å². The molecule has 2 atom stereocenters. The molecule has 2 aromatic carbocycles. The summed E-state index contributed by atoms with van der Waals surface area (Å²) in [5.41, 5.74) is 0.844. The monoisotopic (exact) mass is 480 g/mol. The van der Waals surface area contributed by atoms with Gasteiger partial charge in [0.25, 0.3) is 5.91 Å². The van der Waals surface area contributed by atoms with Crippen LogP contribution in [0.15, 0.2) is 42.5 Å². The van der Waals surface area contributed by atoms with Crippen LogP contribution in [-0.2, 0) is 16.1 Å². The zero-order valence-electron chi connectivity index (χ0n) is 18.9. The number of amides is 2. The summed E-state index contributed by atoms with van der Waals surface area (Å²) in [7, 11) is 1.58. The molecule has 0 aliphatic heterocycles. The number of nitrogens with zero attached hydrogens (tertiary/aromatic N) is 1. The van der Waals surface area contributed by atoms with Gasteiger partial charge in [0, 0.05) is 17.6 Å². The maximum atomic E-state index is 13.2. The molecule has 0 saturated heterocycles. The van der Waals surface area contributed by atoms with Crippen molar-refractivity contribution in [3.63, 3.8) is 0 Å². The highest BCUT2D eigenvalue weighted by molar-refractivity contribution is 6.35. The lowest BCUT2D eigenvalue weighted by Gasteiger charge is -2.31. The Morgan fingerprint density at radius 1 is 1.09 bits per heavy atom. The third kappa shape index (κ3) is 7.31. The maximum absolute atomic E-state index is 13.2. The van der Waals surface area contributed by atoms with Gasteiger partial charge in [-0.05, 0) is 55.7 Å². The highest BCUT2D eigenvalue weighted by Gasteiger charge is 2.29. The number of carbonyl (C=O) groups excluding carboxylic acids is 2. The van der Waals surface area contributed by atoms with Crippen LogP contribution in [0.5, 0.6) is 11.5 Å². The molecule has 0 aliphatic rings. The van der Waals surface area contributed by atoms with Crippen LogP contribution >= 0.6 is 23.2 Å². The van der Waals surface area contributed by atoms with E-state index in [1.54, 1.807) is 25.3 Å². The largest absolute Gasteiger partial charge is 0.497 e. The molecule has 2 amide bonds. The topological polar surface area (TPSA) is 67.9 Å². The zero-order valence-corrected chi connectivity index (χ0v) is 20.4. The number of carbonyl (C=O) groups is 2.